The smallest absolute Gasteiger partial charge is 0.153 e. The van der Waals surface area contributed by atoms with Gasteiger partial charge in [-0.25, -0.2) is 0 Å². The summed E-state index contributed by atoms with van der Waals surface area (Å²) in [6.07, 6.45) is 1.03. The minimum Gasteiger partial charge on any atom is -0.497 e. The molecule has 1 aliphatic rings. The Labute approximate surface area is 132 Å². The van der Waals surface area contributed by atoms with Crippen LogP contribution in [0.3, 0.4) is 0 Å². The second-order valence-corrected chi connectivity index (χ2v) is 11.8. The summed E-state index contributed by atoms with van der Waals surface area (Å²) in [5.74, 6) is 0.944. The first-order valence-electron chi connectivity index (χ1n) is 7.81. The molecule has 0 saturated heterocycles. The van der Waals surface area contributed by atoms with Gasteiger partial charge in [-0.1, -0.05) is 43.9 Å². The van der Waals surface area contributed by atoms with Crippen LogP contribution in [0.5, 0.6) is 5.75 Å². The van der Waals surface area contributed by atoms with Gasteiger partial charge in [0.2, 0.25) is 0 Å². The predicted molar refractivity (Wildman–Crippen MR) is 95.5 cm³/mol. The van der Waals surface area contributed by atoms with Crippen LogP contribution in [0, 0.1) is 0 Å². The van der Waals surface area contributed by atoms with Crippen LogP contribution >= 0.6 is 0 Å². The largest absolute Gasteiger partial charge is 0.497 e. The van der Waals surface area contributed by atoms with Crippen LogP contribution in [0.25, 0.3) is 22.2 Å². The van der Waals surface area contributed by atoms with Gasteiger partial charge in [-0.2, -0.15) is 0 Å². The van der Waals surface area contributed by atoms with E-state index >= 15 is 0 Å². The lowest BCUT2D eigenvalue weighted by atomic mass is 10.1. The highest BCUT2D eigenvalue weighted by Gasteiger charge is 2.31. The monoisotopic (exact) mass is 307 g/mol. The van der Waals surface area contributed by atoms with E-state index in [2.05, 4.69) is 66.3 Å². The molecule has 0 bridgehead atoms. The summed E-state index contributed by atoms with van der Waals surface area (Å²) in [5.41, 5.74) is 7.13. The Kier molecular flexibility index (Phi) is 2.79. The maximum absolute atomic E-state index is 5.46. The number of nitrogens with zero attached hydrogens (tertiary/aromatic N) is 1. The van der Waals surface area contributed by atoms with Crippen molar-refractivity contribution in [2.24, 2.45) is 0 Å². The van der Waals surface area contributed by atoms with E-state index in [0.717, 1.165) is 12.2 Å². The molecule has 0 spiro atoms. The first-order chi connectivity index (χ1) is 10.5. The fourth-order valence-corrected chi connectivity index (χ4v) is 5.56. The van der Waals surface area contributed by atoms with Gasteiger partial charge in [0, 0.05) is 28.6 Å². The van der Waals surface area contributed by atoms with Crippen molar-refractivity contribution in [1.29, 1.82) is 0 Å². The second kappa shape index (κ2) is 4.50. The average Bonchev–Trinajstić information content (AvgIpc) is 3.00. The van der Waals surface area contributed by atoms with E-state index in [4.69, 9.17) is 4.74 Å². The standard InChI is InChI=1S/C19H21NOSi/c1-21-14-9-10-18-16(12-14)17-11-13-7-5-6-8-15(13)19(17)20(18)22(2,3)4/h5-10,12H,11H2,1-4H3. The Morgan fingerprint density at radius 2 is 1.82 bits per heavy atom. The van der Waals surface area contributed by atoms with Gasteiger partial charge < -0.3 is 8.97 Å². The summed E-state index contributed by atoms with van der Waals surface area (Å²) >= 11 is 0. The van der Waals surface area contributed by atoms with Crippen LogP contribution in [-0.2, 0) is 6.42 Å². The lowest BCUT2D eigenvalue weighted by molar-refractivity contribution is 0.415. The number of rotatable bonds is 2. The summed E-state index contributed by atoms with van der Waals surface area (Å²) in [4.78, 5) is 0. The Balaban J connectivity index is 2.13. The number of hydrogen-bond acceptors (Lipinski definition) is 1. The van der Waals surface area contributed by atoms with E-state index in [9.17, 15) is 0 Å². The molecule has 0 aliphatic heterocycles. The molecule has 1 aliphatic carbocycles. The normalized spacial score (nSPS) is 13.3. The van der Waals surface area contributed by atoms with E-state index in [1.165, 1.54) is 33.3 Å². The summed E-state index contributed by atoms with van der Waals surface area (Å²) in [6, 6.07) is 15.3. The maximum Gasteiger partial charge on any atom is 0.153 e. The van der Waals surface area contributed by atoms with E-state index in [0.29, 0.717) is 0 Å². The molecule has 1 heterocycles. The van der Waals surface area contributed by atoms with Crippen molar-refractivity contribution in [1.82, 2.24) is 4.23 Å². The van der Waals surface area contributed by atoms with E-state index in [-0.39, 0.29) is 0 Å². The van der Waals surface area contributed by atoms with Gasteiger partial charge in [0.05, 0.1) is 7.11 Å². The van der Waals surface area contributed by atoms with Crippen LogP contribution in [0.15, 0.2) is 42.5 Å². The minimum atomic E-state index is -1.52. The zero-order valence-corrected chi connectivity index (χ0v) is 14.6. The van der Waals surface area contributed by atoms with Gasteiger partial charge in [0.25, 0.3) is 0 Å². The minimum absolute atomic E-state index is 0.944. The Hall–Kier alpha value is -2.00. The van der Waals surface area contributed by atoms with E-state index < -0.39 is 8.24 Å². The lowest BCUT2D eigenvalue weighted by Gasteiger charge is -2.24. The van der Waals surface area contributed by atoms with Gasteiger partial charge in [-0.05, 0) is 29.3 Å². The van der Waals surface area contributed by atoms with Crippen molar-refractivity contribution in [3.63, 3.8) is 0 Å². The number of benzene rings is 2. The molecule has 4 rings (SSSR count). The van der Waals surface area contributed by atoms with Gasteiger partial charge >= 0.3 is 0 Å². The van der Waals surface area contributed by atoms with Crippen LogP contribution in [0.2, 0.25) is 19.6 Å². The van der Waals surface area contributed by atoms with Crippen LogP contribution in [0.1, 0.15) is 11.1 Å². The van der Waals surface area contributed by atoms with Crippen LogP contribution in [-0.4, -0.2) is 19.6 Å². The molecule has 3 aromatic rings. The Bertz CT molecular complexity index is 886. The molecule has 22 heavy (non-hydrogen) atoms. The van der Waals surface area contributed by atoms with Crippen molar-refractivity contribution in [3.8, 4) is 17.0 Å². The van der Waals surface area contributed by atoms with Gasteiger partial charge in [0.1, 0.15) is 5.75 Å². The molecule has 0 unspecified atom stereocenters. The topological polar surface area (TPSA) is 14.2 Å². The third-order valence-electron chi connectivity index (χ3n) is 4.59. The summed E-state index contributed by atoms with van der Waals surface area (Å²) < 4.78 is 8.08. The Morgan fingerprint density at radius 3 is 2.55 bits per heavy atom. The first kappa shape index (κ1) is 13.6. The molecule has 0 fully saturated rings. The lowest BCUT2D eigenvalue weighted by Crippen LogP contribution is -2.32. The van der Waals surface area contributed by atoms with Crippen molar-refractivity contribution in [2.45, 2.75) is 26.1 Å². The number of aromatic nitrogens is 1. The van der Waals surface area contributed by atoms with E-state index in [1.807, 2.05) is 0 Å². The maximum atomic E-state index is 5.46. The van der Waals surface area contributed by atoms with Gasteiger partial charge in [-0.3, -0.25) is 0 Å². The summed E-state index contributed by atoms with van der Waals surface area (Å²) in [5, 5.41) is 1.35. The summed E-state index contributed by atoms with van der Waals surface area (Å²) in [7, 11) is 0.219. The third kappa shape index (κ3) is 1.78. The zero-order chi connectivity index (χ0) is 15.5. The van der Waals surface area contributed by atoms with Gasteiger partial charge in [0.15, 0.2) is 8.24 Å². The molecule has 112 valence electrons. The molecule has 1 aromatic heterocycles. The Morgan fingerprint density at radius 1 is 1.05 bits per heavy atom. The SMILES string of the molecule is COc1ccc2c(c1)c1c(n2[Si](C)(C)C)-c2ccccc2C1. The summed E-state index contributed by atoms with van der Waals surface area (Å²) in [6.45, 7) is 7.24. The number of methoxy groups -OCH3 is 1. The highest BCUT2D eigenvalue weighted by Crippen LogP contribution is 2.44. The third-order valence-corrected chi connectivity index (χ3v) is 6.40. The van der Waals surface area contributed by atoms with E-state index in [1.54, 1.807) is 7.11 Å². The molecule has 2 nitrogen and oxygen atoms in total. The molecule has 0 radical (unpaired) electrons. The fourth-order valence-electron chi connectivity index (χ4n) is 3.72. The van der Waals surface area contributed by atoms with Gasteiger partial charge in [-0.15, -0.1) is 0 Å². The van der Waals surface area contributed by atoms with Crippen molar-refractivity contribution < 1.29 is 4.74 Å². The molecule has 0 amide bonds. The zero-order valence-electron chi connectivity index (χ0n) is 13.6. The average molecular weight is 307 g/mol. The molecule has 0 N–H and O–H groups in total. The second-order valence-electron chi connectivity index (χ2n) is 7.05. The highest BCUT2D eigenvalue weighted by molar-refractivity contribution is 6.75. The molecule has 3 heteroatoms. The molecule has 0 saturated carbocycles. The van der Waals surface area contributed by atoms with Crippen molar-refractivity contribution >= 4 is 19.1 Å². The molecule has 0 atom stereocenters. The number of hydrogen-bond donors (Lipinski definition) is 0. The number of ether oxygens (including phenoxy) is 1. The fraction of sp³-hybridized carbons (Fsp3) is 0.263. The highest BCUT2D eigenvalue weighted by atomic mass is 28.3. The molecule has 2 aromatic carbocycles. The first-order valence-corrected chi connectivity index (χ1v) is 11.3. The van der Waals surface area contributed by atoms with Crippen molar-refractivity contribution in [3.05, 3.63) is 53.6 Å². The molecular formula is C19H21NOSi. The quantitative estimate of drug-likeness (QED) is 0.480. The van der Waals surface area contributed by atoms with Crippen LogP contribution < -0.4 is 4.74 Å². The molecular weight excluding hydrogens is 286 g/mol. The predicted octanol–water partition coefficient (Wildman–Crippen LogP) is 4.90. The van der Waals surface area contributed by atoms with Crippen LogP contribution in [0.4, 0.5) is 0 Å². The van der Waals surface area contributed by atoms with Crippen molar-refractivity contribution in [2.75, 3.05) is 7.11 Å². The number of fused-ring (bicyclic) bond motifs is 5.